The summed E-state index contributed by atoms with van der Waals surface area (Å²) in [5.74, 6) is -1.12. The monoisotopic (exact) mass is 559 g/mol. The number of benzene rings is 1. The first-order chi connectivity index (χ1) is 18.7. The second-order valence-corrected chi connectivity index (χ2v) is 11.6. The summed E-state index contributed by atoms with van der Waals surface area (Å²) in [6, 6.07) is 4.85. The Labute approximate surface area is 228 Å². The molecule has 40 heavy (non-hydrogen) atoms. The van der Waals surface area contributed by atoms with Gasteiger partial charge in [0.25, 0.3) is 0 Å². The number of nitrogens with two attached hydrogens (primary N) is 1. The molecule has 0 radical (unpaired) electrons. The summed E-state index contributed by atoms with van der Waals surface area (Å²) in [4.78, 5) is 14.2. The fraction of sp³-hybridized carbons (Fsp3) is 0.481. The molecule has 0 bridgehead atoms. The van der Waals surface area contributed by atoms with E-state index in [1.54, 1.807) is 15.8 Å². The Morgan fingerprint density at radius 1 is 1.27 bits per heavy atom. The van der Waals surface area contributed by atoms with Gasteiger partial charge in [0.05, 0.1) is 24.3 Å². The van der Waals surface area contributed by atoms with Crippen LogP contribution in [0.3, 0.4) is 0 Å². The highest BCUT2D eigenvalue weighted by atomic mass is 19.4. The quantitative estimate of drug-likeness (QED) is 0.430. The Bertz CT molecular complexity index is 1490. The van der Waals surface area contributed by atoms with Gasteiger partial charge in [-0.1, -0.05) is 6.07 Å². The van der Waals surface area contributed by atoms with Crippen molar-refractivity contribution < 1.29 is 27.1 Å². The Kier molecular flexibility index (Phi) is 6.55. The first-order valence-corrected chi connectivity index (χ1v) is 12.8. The molecule has 5 rings (SSSR count). The molecule has 1 amide bonds. The zero-order valence-corrected chi connectivity index (χ0v) is 22.3. The van der Waals surface area contributed by atoms with Crippen LogP contribution in [0.15, 0.2) is 30.6 Å². The molecule has 13 heteroatoms. The molecule has 212 valence electrons. The van der Waals surface area contributed by atoms with Crippen LogP contribution in [0, 0.1) is 22.6 Å². The Morgan fingerprint density at radius 3 is 2.65 bits per heavy atom. The van der Waals surface area contributed by atoms with E-state index in [1.165, 1.54) is 16.9 Å². The van der Waals surface area contributed by atoms with Crippen LogP contribution in [0.25, 0.3) is 11.3 Å². The van der Waals surface area contributed by atoms with Crippen LogP contribution in [0.2, 0.25) is 0 Å². The molecule has 1 saturated carbocycles. The molecule has 1 spiro atoms. The summed E-state index contributed by atoms with van der Waals surface area (Å²) in [5.41, 5.74) is 5.56. The van der Waals surface area contributed by atoms with Crippen LogP contribution >= 0.6 is 0 Å². The third kappa shape index (κ3) is 5.22. The normalized spacial score (nSPS) is 20.9. The van der Waals surface area contributed by atoms with Crippen molar-refractivity contribution in [1.29, 1.82) is 5.26 Å². The smallest absolute Gasteiger partial charge is 0.419 e. The lowest BCUT2D eigenvalue weighted by Crippen LogP contribution is -2.43. The Morgan fingerprint density at radius 2 is 2.00 bits per heavy atom. The topological polar surface area (TPSA) is 115 Å². The highest BCUT2D eigenvalue weighted by molar-refractivity contribution is 5.72. The van der Waals surface area contributed by atoms with Gasteiger partial charge in [-0.2, -0.15) is 28.6 Å². The number of alkyl halides is 3. The maximum atomic E-state index is 13.6. The number of anilines is 1. The van der Waals surface area contributed by atoms with E-state index in [-0.39, 0.29) is 41.0 Å². The first kappa shape index (κ1) is 27.5. The highest BCUT2D eigenvalue weighted by Gasteiger charge is 2.51. The highest BCUT2D eigenvalue weighted by Crippen LogP contribution is 2.55. The third-order valence-electron chi connectivity index (χ3n) is 7.42. The number of hydrogen-bond acceptors (Lipinski definition) is 6. The van der Waals surface area contributed by atoms with E-state index < -0.39 is 23.2 Å². The molecule has 9 nitrogen and oxygen atoms in total. The van der Waals surface area contributed by atoms with E-state index in [0.717, 1.165) is 31.4 Å². The van der Waals surface area contributed by atoms with Gasteiger partial charge < -0.3 is 15.4 Å². The van der Waals surface area contributed by atoms with Gasteiger partial charge in [0.15, 0.2) is 0 Å². The predicted octanol–water partition coefficient (Wildman–Crippen LogP) is 5.37. The van der Waals surface area contributed by atoms with Gasteiger partial charge in [-0.25, -0.2) is 13.9 Å². The van der Waals surface area contributed by atoms with Crippen LogP contribution in [0.1, 0.15) is 62.8 Å². The van der Waals surface area contributed by atoms with Crippen molar-refractivity contribution in [3.05, 3.63) is 53.1 Å². The van der Waals surface area contributed by atoms with Gasteiger partial charge in [-0.15, -0.1) is 0 Å². The maximum Gasteiger partial charge on any atom is 0.419 e. The zero-order valence-electron chi connectivity index (χ0n) is 22.3. The van der Waals surface area contributed by atoms with Crippen LogP contribution in [0.4, 0.5) is 28.2 Å². The van der Waals surface area contributed by atoms with Crippen molar-refractivity contribution in [3.63, 3.8) is 0 Å². The molecule has 1 aliphatic heterocycles. The summed E-state index contributed by atoms with van der Waals surface area (Å²) < 4.78 is 61.4. The molecular formula is C27H29F4N7O2. The van der Waals surface area contributed by atoms with Gasteiger partial charge in [0, 0.05) is 24.8 Å². The van der Waals surface area contributed by atoms with Crippen molar-refractivity contribution in [2.45, 2.75) is 64.4 Å². The van der Waals surface area contributed by atoms with Crippen molar-refractivity contribution in [2.24, 2.45) is 5.41 Å². The van der Waals surface area contributed by atoms with Gasteiger partial charge in [0.1, 0.15) is 34.6 Å². The van der Waals surface area contributed by atoms with Crippen molar-refractivity contribution in [2.75, 3.05) is 18.8 Å². The first-order valence-electron chi connectivity index (χ1n) is 12.8. The average molecular weight is 560 g/mol. The van der Waals surface area contributed by atoms with Gasteiger partial charge in [-0.05, 0) is 63.1 Å². The van der Waals surface area contributed by atoms with Gasteiger partial charge in [0.2, 0.25) is 0 Å². The zero-order chi connectivity index (χ0) is 29.0. The number of likely N-dealkylation sites (tertiary alicyclic amines) is 1. The fourth-order valence-electron chi connectivity index (χ4n) is 5.55. The summed E-state index contributed by atoms with van der Waals surface area (Å²) in [6.45, 7) is 6.65. The number of nitriles is 1. The number of hydrogen-bond donors (Lipinski definition) is 1. The summed E-state index contributed by atoms with van der Waals surface area (Å²) >= 11 is 0. The van der Waals surface area contributed by atoms with Crippen molar-refractivity contribution >= 4 is 11.9 Å². The molecule has 2 fully saturated rings. The lowest BCUT2D eigenvalue weighted by atomic mass is 9.65. The molecular weight excluding hydrogens is 530 g/mol. The number of nitrogen functional groups attached to an aromatic ring is 1. The van der Waals surface area contributed by atoms with Crippen LogP contribution in [0.5, 0.6) is 0 Å². The van der Waals surface area contributed by atoms with Crippen molar-refractivity contribution in [1.82, 2.24) is 24.5 Å². The third-order valence-corrected chi connectivity index (χ3v) is 7.42. The molecule has 2 N–H and O–H groups in total. The van der Waals surface area contributed by atoms with Crippen LogP contribution < -0.4 is 5.73 Å². The lowest BCUT2D eigenvalue weighted by Gasteiger charge is -2.45. The minimum absolute atomic E-state index is 0.0409. The summed E-state index contributed by atoms with van der Waals surface area (Å²) in [5, 5.41) is 18.6. The summed E-state index contributed by atoms with van der Waals surface area (Å²) in [6.07, 6.45) is 0.206. The molecule has 0 atom stereocenters. The van der Waals surface area contributed by atoms with E-state index in [1.807, 2.05) is 20.8 Å². The van der Waals surface area contributed by atoms with E-state index in [9.17, 15) is 27.6 Å². The maximum absolute atomic E-state index is 13.6. The SMILES string of the molecule is CC(C)(C)OC(=O)N1CCC2(CC(n3nc(-c4cnn(Cc5ccc(F)c(C(F)(F)F)c5)c4)c(C#N)c3N)C2)C1. The van der Waals surface area contributed by atoms with E-state index in [0.29, 0.717) is 24.3 Å². The largest absolute Gasteiger partial charge is 0.444 e. The van der Waals surface area contributed by atoms with E-state index in [4.69, 9.17) is 10.5 Å². The standard InChI is InChI=1S/C27H29F4N7O2/c1-25(2,3)40-24(39)36-7-6-26(15-36)9-18(10-26)38-23(33)19(11-32)22(35-38)17-12-34-37(14-17)13-16-4-5-21(28)20(8-16)27(29,30)31/h4-5,8,12,14,18H,6-7,9-10,13,15,33H2,1-3H3. The molecule has 1 aliphatic carbocycles. The number of rotatable bonds is 4. The Balaban J connectivity index is 1.30. The lowest BCUT2D eigenvalue weighted by molar-refractivity contribution is -0.140. The minimum Gasteiger partial charge on any atom is -0.444 e. The van der Waals surface area contributed by atoms with Crippen LogP contribution in [-0.4, -0.2) is 49.2 Å². The van der Waals surface area contributed by atoms with Gasteiger partial charge >= 0.3 is 12.3 Å². The summed E-state index contributed by atoms with van der Waals surface area (Å²) in [7, 11) is 0. The van der Waals surface area contributed by atoms with Crippen molar-refractivity contribution in [3.8, 4) is 17.3 Å². The number of carbonyl (C=O) groups is 1. The molecule has 0 unspecified atom stereocenters. The molecule has 3 heterocycles. The molecule has 1 aromatic carbocycles. The number of amides is 1. The Hall–Kier alpha value is -4.08. The number of halogens is 4. The molecule has 1 saturated heterocycles. The second-order valence-electron chi connectivity index (χ2n) is 11.6. The fourth-order valence-corrected chi connectivity index (χ4v) is 5.55. The van der Waals surface area contributed by atoms with E-state index in [2.05, 4.69) is 16.3 Å². The molecule has 2 aromatic heterocycles. The number of carbonyl (C=O) groups excluding carboxylic acids is 1. The predicted molar refractivity (Wildman–Crippen MR) is 136 cm³/mol. The van der Waals surface area contributed by atoms with Gasteiger partial charge in [-0.3, -0.25) is 4.68 Å². The molecule has 2 aliphatic rings. The average Bonchev–Trinajstić information content (AvgIpc) is 3.54. The van der Waals surface area contributed by atoms with Crippen LogP contribution in [-0.2, 0) is 17.5 Å². The van der Waals surface area contributed by atoms with E-state index >= 15 is 0 Å². The number of ether oxygens (including phenoxy) is 1. The number of aromatic nitrogens is 4. The number of nitrogens with zero attached hydrogens (tertiary/aromatic N) is 6. The second kappa shape index (κ2) is 9.53. The molecule has 3 aromatic rings. The minimum atomic E-state index is -4.81.